The Labute approximate surface area is 166 Å². The molecule has 2 aliphatic rings. The number of thioether (sulfide) groups is 1. The van der Waals surface area contributed by atoms with Gasteiger partial charge in [-0.25, -0.2) is 0 Å². The normalized spacial score (nSPS) is 17.1. The third-order valence-electron chi connectivity index (χ3n) is 5.05. The molecule has 0 bridgehead atoms. The summed E-state index contributed by atoms with van der Waals surface area (Å²) in [6, 6.07) is 11.2. The van der Waals surface area contributed by atoms with Gasteiger partial charge in [0.1, 0.15) is 0 Å². The van der Waals surface area contributed by atoms with Crippen molar-refractivity contribution in [1.29, 1.82) is 0 Å². The van der Waals surface area contributed by atoms with Gasteiger partial charge in [-0.15, -0.1) is 10.2 Å². The molecule has 5 rings (SSSR count). The zero-order valence-electron chi connectivity index (χ0n) is 15.3. The fourth-order valence-corrected chi connectivity index (χ4v) is 4.44. The van der Waals surface area contributed by atoms with Gasteiger partial charge in [0, 0.05) is 30.8 Å². The van der Waals surface area contributed by atoms with Crippen LogP contribution in [0.1, 0.15) is 32.1 Å². The Morgan fingerprint density at radius 3 is 2.86 bits per heavy atom. The molecule has 1 amide bonds. The van der Waals surface area contributed by atoms with Crippen LogP contribution in [0.5, 0.6) is 11.5 Å². The molecule has 144 valence electrons. The van der Waals surface area contributed by atoms with Crippen molar-refractivity contribution in [3.05, 3.63) is 42.6 Å². The minimum atomic E-state index is -0.506. The SMILES string of the molecule is O=C(CSc1nnc2ccccn12)Nc1ccc2c(c1)OC1(CCCCC1)O2. The number of nitrogens with one attached hydrogen (secondary N) is 1. The van der Waals surface area contributed by atoms with E-state index in [0.717, 1.165) is 37.1 Å². The van der Waals surface area contributed by atoms with Gasteiger partial charge >= 0.3 is 0 Å². The molecule has 0 saturated heterocycles. The Hall–Kier alpha value is -2.74. The highest BCUT2D eigenvalue weighted by atomic mass is 32.2. The van der Waals surface area contributed by atoms with Gasteiger partial charge in [0.2, 0.25) is 5.91 Å². The summed E-state index contributed by atoms with van der Waals surface area (Å²) in [7, 11) is 0. The second kappa shape index (κ2) is 7.01. The molecule has 0 radical (unpaired) electrons. The molecule has 3 heterocycles. The van der Waals surface area contributed by atoms with Crippen LogP contribution in [0.15, 0.2) is 47.8 Å². The standard InChI is InChI=1S/C20H20N4O3S/c25-18(13-28-19-23-22-17-6-2-5-11-24(17)19)21-14-7-8-15-16(12-14)27-20(26-15)9-3-1-4-10-20/h2,5-8,11-12H,1,3-4,9-10,13H2,(H,21,25). The zero-order chi connectivity index (χ0) is 19.0. The Bertz CT molecular complexity index is 1030. The van der Waals surface area contributed by atoms with Crippen LogP contribution in [0, 0.1) is 0 Å². The summed E-state index contributed by atoms with van der Waals surface area (Å²) in [6.45, 7) is 0. The average molecular weight is 396 g/mol. The first kappa shape index (κ1) is 17.4. The topological polar surface area (TPSA) is 77.8 Å². The molecular weight excluding hydrogens is 376 g/mol. The molecular formula is C20H20N4O3S. The highest BCUT2D eigenvalue weighted by Gasteiger charge is 2.42. The first-order chi connectivity index (χ1) is 13.7. The van der Waals surface area contributed by atoms with Gasteiger partial charge in [0.15, 0.2) is 22.3 Å². The van der Waals surface area contributed by atoms with E-state index in [1.54, 1.807) is 0 Å². The number of hydrogen-bond donors (Lipinski definition) is 1. The monoisotopic (exact) mass is 396 g/mol. The molecule has 3 aromatic rings. The summed E-state index contributed by atoms with van der Waals surface area (Å²) in [5, 5.41) is 11.8. The van der Waals surface area contributed by atoms with Crippen molar-refractivity contribution in [1.82, 2.24) is 14.6 Å². The van der Waals surface area contributed by atoms with Crippen molar-refractivity contribution in [2.45, 2.75) is 43.0 Å². The van der Waals surface area contributed by atoms with Gasteiger partial charge < -0.3 is 14.8 Å². The molecule has 0 atom stereocenters. The van der Waals surface area contributed by atoms with Gasteiger partial charge in [0.05, 0.1) is 5.75 Å². The molecule has 8 heteroatoms. The number of carbonyl (C=O) groups excluding carboxylic acids is 1. The van der Waals surface area contributed by atoms with Crippen LogP contribution < -0.4 is 14.8 Å². The van der Waals surface area contributed by atoms with E-state index < -0.39 is 5.79 Å². The van der Waals surface area contributed by atoms with Gasteiger partial charge in [-0.05, 0) is 37.1 Å². The van der Waals surface area contributed by atoms with Gasteiger partial charge in [-0.2, -0.15) is 0 Å². The lowest BCUT2D eigenvalue weighted by molar-refractivity contribution is -0.113. The Balaban J connectivity index is 1.22. The predicted molar refractivity (Wildman–Crippen MR) is 106 cm³/mol. The lowest BCUT2D eigenvalue weighted by atomic mass is 9.94. The van der Waals surface area contributed by atoms with E-state index in [0.29, 0.717) is 16.6 Å². The Morgan fingerprint density at radius 2 is 1.96 bits per heavy atom. The minimum absolute atomic E-state index is 0.107. The van der Waals surface area contributed by atoms with Crippen molar-refractivity contribution < 1.29 is 14.3 Å². The fourth-order valence-electron chi connectivity index (χ4n) is 3.71. The van der Waals surface area contributed by atoms with E-state index in [-0.39, 0.29) is 11.7 Å². The number of carbonyl (C=O) groups is 1. The van der Waals surface area contributed by atoms with Crippen LogP contribution in [0.25, 0.3) is 5.65 Å². The third-order valence-corrected chi connectivity index (χ3v) is 5.99. The number of aromatic nitrogens is 3. The summed E-state index contributed by atoms with van der Waals surface area (Å²) >= 11 is 1.35. The smallest absolute Gasteiger partial charge is 0.251 e. The Kier molecular flexibility index (Phi) is 4.35. The molecule has 1 N–H and O–H groups in total. The average Bonchev–Trinajstić information content (AvgIpc) is 3.27. The van der Waals surface area contributed by atoms with E-state index in [1.165, 1.54) is 18.2 Å². The second-order valence-electron chi connectivity index (χ2n) is 7.09. The van der Waals surface area contributed by atoms with E-state index in [2.05, 4.69) is 15.5 Å². The highest BCUT2D eigenvalue weighted by molar-refractivity contribution is 7.99. The van der Waals surface area contributed by atoms with Crippen LogP contribution in [-0.2, 0) is 4.79 Å². The molecule has 1 fully saturated rings. The number of rotatable bonds is 4. The Morgan fingerprint density at radius 1 is 1.11 bits per heavy atom. The molecule has 1 aliphatic heterocycles. The number of anilines is 1. The van der Waals surface area contributed by atoms with Gasteiger partial charge in [-0.1, -0.05) is 24.2 Å². The largest absolute Gasteiger partial charge is 0.448 e. The van der Waals surface area contributed by atoms with E-state index in [1.807, 2.05) is 47.0 Å². The summed E-state index contributed by atoms with van der Waals surface area (Å²) in [5.74, 6) is 1.09. The maximum atomic E-state index is 12.4. The number of pyridine rings is 1. The quantitative estimate of drug-likeness (QED) is 0.674. The summed E-state index contributed by atoms with van der Waals surface area (Å²) < 4.78 is 14.1. The number of fused-ring (bicyclic) bond motifs is 2. The van der Waals surface area contributed by atoms with Crippen molar-refractivity contribution in [3.8, 4) is 11.5 Å². The summed E-state index contributed by atoms with van der Waals surface area (Å²) in [5.41, 5.74) is 1.46. The van der Waals surface area contributed by atoms with Crippen LogP contribution in [0.4, 0.5) is 5.69 Å². The van der Waals surface area contributed by atoms with Crippen molar-refractivity contribution in [2.24, 2.45) is 0 Å². The van der Waals surface area contributed by atoms with Gasteiger partial charge in [-0.3, -0.25) is 9.20 Å². The maximum absolute atomic E-state index is 12.4. The molecule has 7 nitrogen and oxygen atoms in total. The zero-order valence-corrected chi connectivity index (χ0v) is 16.1. The van der Waals surface area contributed by atoms with Crippen molar-refractivity contribution in [3.63, 3.8) is 0 Å². The van der Waals surface area contributed by atoms with Crippen LogP contribution in [0.3, 0.4) is 0 Å². The predicted octanol–water partition coefficient (Wildman–Crippen LogP) is 3.89. The summed E-state index contributed by atoms with van der Waals surface area (Å²) in [6.07, 6.45) is 7.16. The third kappa shape index (κ3) is 3.28. The van der Waals surface area contributed by atoms with Crippen LogP contribution in [0.2, 0.25) is 0 Å². The molecule has 1 saturated carbocycles. The van der Waals surface area contributed by atoms with E-state index in [9.17, 15) is 4.79 Å². The molecule has 1 aliphatic carbocycles. The number of benzene rings is 1. The maximum Gasteiger partial charge on any atom is 0.251 e. The summed E-state index contributed by atoms with van der Waals surface area (Å²) in [4.78, 5) is 12.4. The molecule has 1 spiro atoms. The lowest BCUT2D eigenvalue weighted by Crippen LogP contribution is -2.40. The fraction of sp³-hybridized carbons (Fsp3) is 0.350. The first-order valence-corrected chi connectivity index (χ1v) is 10.4. The second-order valence-corrected chi connectivity index (χ2v) is 8.03. The van der Waals surface area contributed by atoms with E-state index >= 15 is 0 Å². The highest BCUT2D eigenvalue weighted by Crippen LogP contribution is 2.46. The molecule has 28 heavy (non-hydrogen) atoms. The first-order valence-electron chi connectivity index (χ1n) is 9.45. The molecule has 1 aromatic carbocycles. The van der Waals surface area contributed by atoms with Crippen molar-refractivity contribution in [2.75, 3.05) is 11.1 Å². The number of nitrogens with zero attached hydrogens (tertiary/aromatic N) is 3. The molecule has 0 unspecified atom stereocenters. The van der Waals surface area contributed by atoms with E-state index in [4.69, 9.17) is 9.47 Å². The number of ether oxygens (including phenoxy) is 2. The van der Waals surface area contributed by atoms with Gasteiger partial charge in [0.25, 0.3) is 5.79 Å². The number of hydrogen-bond acceptors (Lipinski definition) is 6. The van der Waals surface area contributed by atoms with Crippen LogP contribution in [-0.4, -0.2) is 32.0 Å². The van der Waals surface area contributed by atoms with Crippen molar-refractivity contribution >= 4 is 29.0 Å². The lowest BCUT2D eigenvalue weighted by Gasteiger charge is -2.31. The number of amides is 1. The minimum Gasteiger partial charge on any atom is -0.448 e. The van der Waals surface area contributed by atoms with Crippen LogP contribution >= 0.6 is 11.8 Å². The molecule has 2 aromatic heterocycles.